The number of hydrogen-bond donors (Lipinski definition) is 2. The Morgan fingerprint density at radius 3 is 2.66 bits per heavy atom. The number of ketones is 1. The number of fused-ring (bicyclic) bond motifs is 1. The molecule has 2 aromatic heterocycles. The molecule has 170 valence electrons. The smallest absolute Gasteiger partial charge is 0.182 e. The van der Waals surface area contributed by atoms with Crippen LogP contribution in [0.15, 0.2) is 30.6 Å². The fourth-order valence-corrected chi connectivity index (χ4v) is 6.93. The van der Waals surface area contributed by atoms with Gasteiger partial charge in [-0.2, -0.15) is 0 Å². The Hall–Kier alpha value is -1.98. The second-order valence-corrected chi connectivity index (χ2v) is 11.0. The van der Waals surface area contributed by atoms with Gasteiger partial charge in [0, 0.05) is 24.7 Å². The first kappa shape index (κ1) is 21.8. The van der Waals surface area contributed by atoms with Gasteiger partial charge in [-0.15, -0.1) is 11.3 Å². The molecule has 2 aliphatic rings. The summed E-state index contributed by atoms with van der Waals surface area (Å²) in [5.74, 6) is 0.725. The number of carbonyl (C=O) groups is 1. The molecule has 2 N–H and O–H groups in total. The number of nitrogens with zero attached hydrogens (tertiary/aromatic N) is 1. The van der Waals surface area contributed by atoms with Crippen LogP contribution >= 0.6 is 11.3 Å². The minimum absolute atomic E-state index is 0.218. The van der Waals surface area contributed by atoms with Crippen LogP contribution in [0.1, 0.15) is 92.5 Å². The lowest BCUT2D eigenvalue weighted by molar-refractivity contribution is 0.0974. The van der Waals surface area contributed by atoms with Crippen LogP contribution in [0.25, 0.3) is 21.2 Å². The van der Waals surface area contributed by atoms with E-state index in [0.29, 0.717) is 17.8 Å². The molecule has 1 aromatic carbocycles. The molecule has 0 atom stereocenters. The van der Waals surface area contributed by atoms with Crippen molar-refractivity contribution < 1.29 is 4.79 Å². The Kier molecular flexibility index (Phi) is 6.47. The van der Waals surface area contributed by atoms with Crippen molar-refractivity contribution >= 4 is 27.9 Å². The van der Waals surface area contributed by atoms with Crippen molar-refractivity contribution in [3.8, 4) is 10.4 Å². The van der Waals surface area contributed by atoms with Crippen molar-refractivity contribution in [2.75, 3.05) is 13.1 Å². The number of H-pyrrole nitrogens is 1. The molecule has 1 saturated heterocycles. The van der Waals surface area contributed by atoms with E-state index in [1.807, 2.05) is 12.4 Å². The predicted octanol–water partition coefficient (Wildman–Crippen LogP) is 7.08. The molecule has 1 aliphatic carbocycles. The maximum Gasteiger partial charge on any atom is 0.182 e. The quantitative estimate of drug-likeness (QED) is 0.299. The maximum absolute atomic E-state index is 13.2. The van der Waals surface area contributed by atoms with Gasteiger partial charge in [-0.05, 0) is 85.9 Å². The van der Waals surface area contributed by atoms with Gasteiger partial charge in [0.2, 0.25) is 0 Å². The van der Waals surface area contributed by atoms with Gasteiger partial charge in [-0.1, -0.05) is 31.9 Å². The average Bonchev–Trinajstić information content (AvgIpc) is 3.47. The van der Waals surface area contributed by atoms with Crippen molar-refractivity contribution in [3.05, 3.63) is 41.3 Å². The summed E-state index contributed by atoms with van der Waals surface area (Å²) in [6, 6.07) is 6.51. The van der Waals surface area contributed by atoms with Crippen molar-refractivity contribution in [1.82, 2.24) is 15.3 Å². The molecule has 4 nitrogen and oxygen atoms in total. The number of aromatic amines is 1. The number of hydrogen-bond acceptors (Lipinski definition) is 4. The van der Waals surface area contributed by atoms with Gasteiger partial charge in [0.1, 0.15) is 5.69 Å². The van der Waals surface area contributed by atoms with Crippen LogP contribution in [0, 0.1) is 5.41 Å². The first-order valence-electron chi connectivity index (χ1n) is 12.5. The van der Waals surface area contributed by atoms with E-state index < -0.39 is 0 Å². The highest BCUT2D eigenvalue weighted by Gasteiger charge is 2.37. The lowest BCUT2D eigenvalue weighted by Gasteiger charge is -2.42. The number of unbranched alkanes of at least 4 members (excludes halogenated alkanes) is 2. The van der Waals surface area contributed by atoms with Crippen LogP contribution in [0.2, 0.25) is 0 Å². The SMILES string of the molecule is CCCCCC(=O)c1nc(C2CCC3(CCNCC3)CC2)sc1-c1ccc2c[nH]cc2c1. The molecular weight excluding hydrogens is 414 g/mol. The van der Waals surface area contributed by atoms with E-state index in [9.17, 15) is 4.79 Å². The molecule has 0 bridgehead atoms. The highest BCUT2D eigenvalue weighted by atomic mass is 32.1. The van der Waals surface area contributed by atoms with Gasteiger partial charge in [-0.3, -0.25) is 4.79 Å². The summed E-state index contributed by atoms with van der Waals surface area (Å²) in [5, 5.41) is 7.10. The van der Waals surface area contributed by atoms with E-state index in [2.05, 4.69) is 35.4 Å². The van der Waals surface area contributed by atoms with E-state index in [1.165, 1.54) is 67.4 Å². The molecule has 1 aliphatic heterocycles. The second kappa shape index (κ2) is 9.48. The fraction of sp³-hybridized carbons (Fsp3) is 0.556. The molecule has 0 amide bonds. The number of carbonyl (C=O) groups excluding carboxylic acids is 1. The van der Waals surface area contributed by atoms with Crippen LogP contribution in [0.5, 0.6) is 0 Å². The molecule has 5 heteroatoms. The highest BCUT2D eigenvalue weighted by molar-refractivity contribution is 7.15. The first-order chi connectivity index (χ1) is 15.7. The number of Topliss-reactive ketones (excluding diaryl/α,β-unsaturated/α-hetero) is 1. The Bertz CT molecular complexity index is 1070. The van der Waals surface area contributed by atoms with E-state index in [4.69, 9.17) is 4.98 Å². The zero-order valence-corrected chi connectivity index (χ0v) is 20.0. The van der Waals surface area contributed by atoms with Crippen LogP contribution in [0.3, 0.4) is 0 Å². The monoisotopic (exact) mass is 449 g/mol. The number of aromatic nitrogens is 2. The van der Waals surface area contributed by atoms with E-state index in [-0.39, 0.29) is 5.78 Å². The average molecular weight is 450 g/mol. The van der Waals surface area contributed by atoms with Gasteiger partial charge in [-0.25, -0.2) is 4.98 Å². The molecule has 1 saturated carbocycles. The van der Waals surface area contributed by atoms with Gasteiger partial charge in [0.25, 0.3) is 0 Å². The number of piperidine rings is 1. The lowest BCUT2D eigenvalue weighted by atomic mass is 9.66. The molecule has 0 radical (unpaired) electrons. The van der Waals surface area contributed by atoms with E-state index in [1.54, 1.807) is 11.3 Å². The summed E-state index contributed by atoms with van der Waals surface area (Å²) >= 11 is 1.78. The summed E-state index contributed by atoms with van der Waals surface area (Å²) in [6.07, 6.45) is 15.5. The summed E-state index contributed by atoms with van der Waals surface area (Å²) in [7, 11) is 0. The molecule has 0 unspecified atom stereocenters. The number of nitrogens with one attached hydrogen (secondary N) is 2. The molecule has 32 heavy (non-hydrogen) atoms. The van der Waals surface area contributed by atoms with Crippen LogP contribution in [-0.2, 0) is 0 Å². The summed E-state index contributed by atoms with van der Waals surface area (Å²) < 4.78 is 0. The van der Waals surface area contributed by atoms with Crippen LogP contribution in [0.4, 0.5) is 0 Å². The Labute approximate surface area is 195 Å². The zero-order chi connectivity index (χ0) is 22.0. The van der Waals surface area contributed by atoms with Crippen molar-refractivity contribution in [2.45, 2.75) is 77.0 Å². The Morgan fingerprint density at radius 1 is 1.09 bits per heavy atom. The van der Waals surface area contributed by atoms with E-state index in [0.717, 1.165) is 35.4 Å². The molecule has 5 rings (SSSR count). The zero-order valence-electron chi connectivity index (χ0n) is 19.2. The molecular formula is C27H35N3OS. The van der Waals surface area contributed by atoms with Crippen molar-refractivity contribution in [2.24, 2.45) is 5.41 Å². The third kappa shape index (κ3) is 4.42. The van der Waals surface area contributed by atoms with Gasteiger partial charge in [0.05, 0.1) is 9.88 Å². The fourth-order valence-electron chi connectivity index (χ4n) is 5.68. The minimum atomic E-state index is 0.218. The molecule has 3 heterocycles. The van der Waals surface area contributed by atoms with Gasteiger partial charge >= 0.3 is 0 Å². The molecule has 2 fully saturated rings. The maximum atomic E-state index is 13.2. The normalized spacial score (nSPS) is 19.0. The number of thiazole rings is 1. The first-order valence-corrected chi connectivity index (χ1v) is 13.3. The summed E-state index contributed by atoms with van der Waals surface area (Å²) in [5.41, 5.74) is 2.41. The topological polar surface area (TPSA) is 57.8 Å². The Balaban J connectivity index is 1.42. The van der Waals surface area contributed by atoms with Gasteiger partial charge < -0.3 is 10.3 Å². The summed E-state index contributed by atoms with van der Waals surface area (Å²) in [6.45, 7) is 4.52. The lowest BCUT2D eigenvalue weighted by Crippen LogP contribution is -2.38. The van der Waals surface area contributed by atoms with Crippen LogP contribution < -0.4 is 5.32 Å². The third-order valence-corrected chi connectivity index (χ3v) is 9.07. The molecule has 1 spiro atoms. The van der Waals surface area contributed by atoms with Crippen LogP contribution in [-0.4, -0.2) is 28.8 Å². The van der Waals surface area contributed by atoms with Crippen molar-refractivity contribution in [1.29, 1.82) is 0 Å². The number of benzene rings is 1. The highest BCUT2D eigenvalue weighted by Crippen LogP contribution is 2.49. The second-order valence-electron chi connectivity index (χ2n) is 9.93. The Morgan fingerprint density at radius 2 is 1.88 bits per heavy atom. The number of rotatable bonds is 7. The standard InChI is InChI=1S/C27H35N3OS/c1-2-3-4-5-23(31)24-25(20-6-7-21-17-29-18-22(21)16-20)32-26(30-24)19-8-10-27(11-9-19)12-14-28-15-13-27/h6-7,16-19,28-29H,2-5,8-15H2,1H3. The van der Waals surface area contributed by atoms with Crippen molar-refractivity contribution in [3.63, 3.8) is 0 Å². The molecule has 3 aromatic rings. The predicted molar refractivity (Wildman–Crippen MR) is 134 cm³/mol. The van der Waals surface area contributed by atoms with E-state index >= 15 is 0 Å². The van der Waals surface area contributed by atoms with Gasteiger partial charge in [0.15, 0.2) is 5.78 Å². The minimum Gasteiger partial charge on any atom is -0.366 e. The third-order valence-electron chi connectivity index (χ3n) is 7.80. The summed E-state index contributed by atoms with van der Waals surface area (Å²) in [4.78, 5) is 22.5. The largest absolute Gasteiger partial charge is 0.366 e.